The standard InChI is InChI=1S/C13H21N3O2/c1-3-18-12-4-6-16(7-5-12)13-11(9-17)8-14-10(2)15-13/h8,12,17H,3-7,9H2,1-2H3. The first-order chi connectivity index (χ1) is 8.74. The maximum atomic E-state index is 9.34. The first-order valence-corrected chi connectivity index (χ1v) is 6.54. The second-order valence-electron chi connectivity index (χ2n) is 4.57. The first kappa shape index (κ1) is 13.2. The summed E-state index contributed by atoms with van der Waals surface area (Å²) in [4.78, 5) is 10.8. The Morgan fingerprint density at radius 1 is 1.44 bits per heavy atom. The average molecular weight is 251 g/mol. The molecule has 0 spiro atoms. The van der Waals surface area contributed by atoms with Crippen LogP contribution in [0.5, 0.6) is 0 Å². The minimum Gasteiger partial charge on any atom is -0.391 e. The smallest absolute Gasteiger partial charge is 0.137 e. The normalized spacial score (nSPS) is 17.2. The van der Waals surface area contributed by atoms with Gasteiger partial charge < -0.3 is 14.7 Å². The number of ether oxygens (including phenoxy) is 1. The van der Waals surface area contributed by atoms with E-state index in [9.17, 15) is 5.11 Å². The summed E-state index contributed by atoms with van der Waals surface area (Å²) in [6.45, 7) is 6.52. The van der Waals surface area contributed by atoms with Crippen molar-refractivity contribution in [1.29, 1.82) is 0 Å². The summed E-state index contributed by atoms with van der Waals surface area (Å²) < 4.78 is 5.64. The van der Waals surface area contributed by atoms with Crippen LogP contribution in [0.1, 0.15) is 31.2 Å². The highest BCUT2D eigenvalue weighted by molar-refractivity contribution is 5.46. The van der Waals surface area contributed by atoms with Crippen molar-refractivity contribution in [1.82, 2.24) is 9.97 Å². The van der Waals surface area contributed by atoms with Gasteiger partial charge in [0.05, 0.1) is 12.7 Å². The van der Waals surface area contributed by atoms with Gasteiger partial charge in [0.15, 0.2) is 0 Å². The molecule has 1 fully saturated rings. The summed E-state index contributed by atoms with van der Waals surface area (Å²) in [6.07, 6.45) is 4.11. The Kier molecular flexibility index (Phi) is 4.49. The van der Waals surface area contributed by atoms with Gasteiger partial charge in [-0.3, -0.25) is 0 Å². The molecule has 100 valence electrons. The third-order valence-electron chi connectivity index (χ3n) is 3.28. The van der Waals surface area contributed by atoms with Crippen LogP contribution >= 0.6 is 0 Å². The highest BCUT2D eigenvalue weighted by Crippen LogP contribution is 2.23. The van der Waals surface area contributed by atoms with E-state index in [2.05, 4.69) is 14.9 Å². The monoisotopic (exact) mass is 251 g/mol. The molecule has 2 heterocycles. The summed E-state index contributed by atoms with van der Waals surface area (Å²) in [7, 11) is 0. The molecule has 5 heteroatoms. The maximum absolute atomic E-state index is 9.34. The lowest BCUT2D eigenvalue weighted by Gasteiger charge is -2.33. The molecule has 0 atom stereocenters. The molecular weight excluding hydrogens is 230 g/mol. The van der Waals surface area contributed by atoms with Gasteiger partial charge in [-0.25, -0.2) is 9.97 Å². The molecule has 1 aromatic heterocycles. The Labute approximate surface area is 108 Å². The molecule has 0 amide bonds. The van der Waals surface area contributed by atoms with Gasteiger partial charge >= 0.3 is 0 Å². The van der Waals surface area contributed by atoms with E-state index in [0.717, 1.165) is 49.7 Å². The van der Waals surface area contributed by atoms with Crippen LogP contribution in [0.3, 0.4) is 0 Å². The van der Waals surface area contributed by atoms with Crippen molar-refractivity contribution in [3.05, 3.63) is 17.6 Å². The lowest BCUT2D eigenvalue weighted by molar-refractivity contribution is 0.0458. The fraction of sp³-hybridized carbons (Fsp3) is 0.692. The van der Waals surface area contributed by atoms with Crippen LogP contribution in [0.25, 0.3) is 0 Å². The molecule has 1 N–H and O–H groups in total. The molecule has 0 saturated carbocycles. The van der Waals surface area contributed by atoms with Crippen molar-refractivity contribution in [2.24, 2.45) is 0 Å². The molecule has 0 aromatic carbocycles. The van der Waals surface area contributed by atoms with Gasteiger partial charge in [0.2, 0.25) is 0 Å². The van der Waals surface area contributed by atoms with Crippen molar-refractivity contribution < 1.29 is 9.84 Å². The number of piperidine rings is 1. The largest absolute Gasteiger partial charge is 0.391 e. The molecule has 0 aliphatic carbocycles. The average Bonchev–Trinajstić information content (AvgIpc) is 2.40. The second kappa shape index (κ2) is 6.11. The number of rotatable bonds is 4. The summed E-state index contributed by atoms with van der Waals surface area (Å²) >= 11 is 0. The summed E-state index contributed by atoms with van der Waals surface area (Å²) in [5, 5.41) is 9.34. The van der Waals surface area contributed by atoms with Crippen LogP contribution < -0.4 is 4.90 Å². The van der Waals surface area contributed by atoms with Crippen LogP contribution in [0.15, 0.2) is 6.20 Å². The van der Waals surface area contributed by atoms with Crippen LogP contribution in [0.4, 0.5) is 5.82 Å². The zero-order valence-corrected chi connectivity index (χ0v) is 11.1. The van der Waals surface area contributed by atoms with Gasteiger partial charge in [-0.05, 0) is 26.7 Å². The van der Waals surface area contributed by atoms with Crippen LogP contribution in [0, 0.1) is 6.92 Å². The van der Waals surface area contributed by atoms with Gasteiger partial charge in [-0.15, -0.1) is 0 Å². The van der Waals surface area contributed by atoms with Crippen LogP contribution in [-0.4, -0.2) is 40.9 Å². The number of aliphatic hydroxyl groups is 1. The van der Waals surface area contributed by atoms with Crippen molar-refractivity contribution in [2.75, 3.05) is 24.6 Å². The predicted octanol–water partition coefficient (Wildman–Crippen LogP) is 1.28. The highest BCUT2D eigenvalue weighted by atomic mass is 16.5. The van der Waals surface area contributed by atoms with E-state index in [1.807, 2.05) is 13.8 Å². The molecule has 0 unspecified atom stereocenters. The van der Waals surface area contributed by atoms with Gasteiger partial charge in [0, 0.05) is 31.5 Å². The molecule has 2 rings (SSSR count). The van der Waals surface area contributed by atoms with Crippen molar-refractivity contribution in [3.8, 4) is 0 Å². The Bertz CT molecular complexity index is 390. The molecule has 1 aromatic rings. The highest BCUT2D eigenvalue weighted by Gasteiger charge is 2.22. The molecule has 1 aliphatic rings. The summed E-state index contributed by atoms with van der Waals surface area (Å²) in [5.74, 6) is 1.62. The van der Waals surface area contributed by atoms with Crippen molar-refractivity contribution in [3.63, 3.8) is 0 Å². The number of nitrogens with zero attached hydrogens (tertiary/aromatic N) is 3. The van der Waals surface area contributed by atoms with E-state index >= 15 is 0 Å². The van der Waals surface area contributed by atoms with Gasteiger partial charge in [0.25, 0.3) is 0 Å². The predicted molar refractivity (Wildman–Crippen MR) is 69.6 cm³/mol. The number of aryl methyl sites for hydroxylation is 1. The first-order valence-electron chi connectivity index (χ1n) is 6.54. The zero-order chi connectivity index (χ0) is 13.0. The third-order valence-corrected chi connectivity index (χ3v) is 3.28. The van der Waals surface area contributed by atoms with E-state index in [1.54, 1.807) is 6.20 Å². The van der Waals surface area contributed by atoms with E-state index in [0.29, 0.717) is 6.10 Å². The third kappa shape index (κ3) is 2.97. The Morgan fingerprint density at radius 3 is 2.78 bits per heavy atom. The van der Waals surface area contributed by atoms with Crippen molar-refractivity contribution in [2.45, 2.75) is 39.4 Å². The van der Waals surface area contributed by atoms with Crippen LogP contribution in [-0.2, 0) is 11.3 Å². The second-order valence-corrected chi connectivity index (χ2v) is 4.57. The van der Waals surface area contributed by atoms with Gasteiger partial charge in [0.1, 0.15) is 11.6 Å². The number of anilines is 1. The molecule has 0 radical (unpaired) electrons. The van der Waals surface area contributed by atoms with E-state index in [1.165, 1.54) is 0 Å². The Balaban J connectivity index is 2.06. The lowest BCUT2D eigenvalue weighted by Crippen LogP contribution is -2.38. The molecule has 5 nitrogen and oxygen atoms in total. The molecule has 1 aliphatic heterocycles. The fourth-order valence-corrected chi connectivity index (χ4v) is 2.34. The molecule has 0 bridgehead atoms. The molecule has 18 heavy (non-hydrogen) atoms. The topological polar surface area (TPSA) is 58.5 Å². The number of aliphatic hydroxyl groups excluding tert-OH is 1. The van der Waals surface area contributed by atoms with E-state index < -0.39 is 0 Å². The van der Waals surface area contributed by atoms with Crippen molar-refractivity contribution >= 4 is 5.82 Å². The lowest BCUT2D eigenvalue weighted by atomic mass is 10.1. The van der Waals surface area contributed by atoms with Crippen LogP contribution in [0.2, 0.25) is 0 Å². The van der Waals surface area contributed by atoms with Gasteiger partial charge in [-0.2, -0.15) is 0 Å². The Morgan fingerprint density at radius 2 is 2.17 bits per heavy atom. The fourth-order valence-electron chi connectivity index (χ4n) is 2.34. The minimum atomic E-state index is -0.0129. The SMILES string of the molecule is CCOC1CCN(c2nc(C)ncc2CO)CC1. The number of hydrogen-bond donors (Lipinski definition) is 1. The summed E-state index contributed by atoms with van der Waals surface area (Å²) in [6, 6.07) is 0. The number of aromatic nitrogens is 2. The van der Waals surface area contributed by atoms with E-state index in [-0.39, 0.29) is 6.61 Å². The maximum Gasteiger partial charge on any atom is 0.137 e. The zero-order valence-electron chi connectivity index (χ0n) is 11.1. The quantitative estimate of drug-likeness (QED) is 0.873. The molecule has 1 saturated heterocycles. The Hall–Kier alpha value is -1.20. The molecular formula is C13H21N3O2. The summed E-state index contributed by atoms with van der Waals surface area (Å²) in [5.41, 5.74) is 0.801. The number of hydrogen-bond acceptors (Lipinski definition) is 5. The minimum absolute atomic E-state index is 0.0129. The van der Waals surface area contributed by atoms with Gasteiger partial charge in [-0.1, -0.05) is 0 Å². The van der Waals surface area contributed by atoms with E-state index in [4.69, 9.17) is 4.74 Å².